The molecule has 0 aliphatic rings. The minimum atomic E-state index is -0.821. The minimum absolute atomic E-state index is 0.0712. The van der Waals surface area contributed by atoms with Crippen molar-refractivity contribution in [2.45, 2.75) is 6.42 Å². The van der Waals surface area contributed by atoms with Crippen LogP contribution in [-0.4, -0.2) is 24.3 Å². The number of halogens is 3. The van der Waals surface area contributed by atoms with Crippen molar-refractivity contribution in [2.75, 3.05) is 13.2 Å². The normalized spacial score (nSPS) is 9.58. The molecule has 1 N–H and O–H groups in total. The van der Waals surface area contributed by atoms with Crippen LogP contribution < -0.4 is 0 Å². The van der Waals surface area contributed by atoms with Crippen LogP contribution in [0.4, 0.5) is 0 Å². The Morgan fingerprint density at radius 1 is 1.33 bits per heavy atom. The Balaban J connectivity index is 3.45. The van der Waals surface area contributed by atoms with Gasteiger partial charge < -0.3 is 9.84 Å². The SMILES string of the molecule is O=C(O)CCOCC(I)=C(I)I. The van der Waals surface area contributed by atoms with Crippen LogP contribution in [-0.2, 0) is 9.53 Å². The van der Waals surface area contributed by atoms with Crippen molar-refractivity contribution in [1.29, 1.82) is 0 Å². The topological polar surface area (TPSA) is 46.5 Å². The van der Waals surface area contributed by atoms with E-state index in [0.717, 1.165) is 5.17 Å². The van der Waals surface area contributed by atoms with Crippen LogP contribution in [0.3, 0.4) is 0 Å². The summed E-state index contributed by atoms with van der Waals surface area (Å²) in [7, 11) is 0. The zero-order valence-electron chi connectivity index (χ0n) is 6.02. The number of carboxylic acid groups (broad SMARTS) is 1. The highest BCUT2D eigenvalue weighted by Crippen LogP contribution is 2.25. The average Bonchev–Trinajstić information content (AvgIpc) is 1.97. The third-order valence-corrected chi connectivity index (χ3v) is 5.11. The Bertz CT molecular complexity index is 186. The molecule has 0 fully saturated rings. The van der Waals surface area contributed by atoms with Crippen molar-refractivity contribution in [3.8, 4) is 0 Å². The molecule has 0 bridgehead atoms. The Labute approximate surface area is 112 Å². The van der Waals surface area contributed by atoms with Crippen molar-refractivity contribution >= 4 is 73.7 Å². The minimum Gasteiger partial charge on any atom is -0.481 e. The van der Waals surface area contributed by atoms with E-state index < -0.39 is 5.97 Å². The Morgan fingerprint density at radius 2 is 1.92 bits per heavy atom. The van der Waals surface area contributed by atoms with Gasteiger partial charge in [0.15, 0.2) is 0 Å². The van der Waals surface area contributed by atoms with Gasteiger partial charge in [-0.2, -0.15) is 0 Å². The first-order valence-corrected chi connectivity index (χ1v) is 6.27. The zero-order chi connectivity index (χ0) is 9.56. The van der Waals surface area contributed by atoms with Crippen LogP contribution in [0.2, 0.25) is 0 Å². The van der Waals surface area contributed by atoms with E-state index in [0.29, 0.717) is 6.61 Å². The van der Waals surface area contributed by atoms with Crippen molar-refractivity contribution < 1.29 is 14.6 Å². The summed E-state index contributed by atoms with van der Waals surface area (Å²) in [5, 5.41) is 8.29. The molecule has 0 saturated carbocycles. The van der Waals surface area contributed by atoms with Gasteiger partial charge >= 0.3 is 5.97 Å². The highest BCUT2D eigenvalue weighted by Gasteiger charge is 1.99. The average molecular weight is 508 g/mol. The van der Waals surface area contributed by atoms with E-state index in [1.54, 1.807) is 0 Å². The van der Waals surface area contributed by atoms with Crippen LogP contribution in [0.5, 0.6) is 0 Å². The maximum atomic E-state index is 10.1. The van der Waals surface area contributed by atoms with E-state index in [1.807, 2.05) is 0 Å². The largest absolute Gasteiger partial charge is 0.481 e. The molecule has 0 atom stereocenters. The second-order valence-corrected chi connectivity index (χ2v) is 7.39. The molecule has 0 aliphatic carbocycles. The van der Waals surface area contributed by atoms with Gasteiger partial charge in [-0.3, -0.25) is 4.79 Å². The lowest BCUT2D eigenvalue weighted by Gasteiger charge is -2.01. The van der Waals surface area contributed by atoms with Crippen molar-refractivity contribution in [1.82, 2.24) is 0 Å². The van der Waals surface area contributed by atoms with Gasteiger partial charge in [0.2, 0.25) is 0 Å². The molecule has 70 valence electrons. The maximum Gasteiger partial charge on any atom is 0.305 e. The molecule has 0 saturated heterocycles. The third-order valence-electron chi connectivity index (χ3n) is 0.894. The molecule has 3 nitrogen and oxygen atoms in total. The number of rotatable bonds is 5. The quantitative estimate of drug-likeness (QED) is 0.460. The fourth-order valence-electron chi connectivity index (χ4n) is 0.376. The predicted molar refractivity (Wildman–Crippen MR) is 72.2 cm³/mol. The molecule has 0 heterocycles. The van der Waals surface area contributed by atoms with Gasteiger partial charge in [-0.15, -0.1) is 0 Å². The maximum absolute atomic E-state index is 10.1. The van der Waals surface area contributed by atoms with Gasteiger partial charge in [0.25, 0.3) is 0 Å². The first kappa shape index (κ1) is 13.4. The van der Waals surface area contributed by atoms with E-state index >= 15 is 0 Å². The van der Waals surface area contributed by atoms with E-state index in [2.05, 4.69) is 67.8 Å². The van der Waals surface area contributed by atoms with Crippen LogP contribution in [0.1, 0.15) is 6.42 Å². The zero-order valence-corrected chi connectivity index (χ0v) is 12.5. The fraction of sp³-hybridized carbons (Fsp3) is 0.500. The second-order valence-electron chi connectivity index (χ2n) is 1.86. The second kappa shape index (κ2) is 7.74. The van der Waals surface area contributed by atoms with Crippen LogP contribution >= 0.6 is 67.8 Å². The molecule has 0 aromatic carbocycles. The summed E-state index contributed by atoms with van der Waals surface area (Å²) in [4.78, 5) is 10.1. The van der Waals surface area contributed by atoms with E-state index in [9.17, 15) is 4.79 Å². The molecule has 0 unspecified atom stereocenters. The lowest BCUT2D eigenvalue weighted by molar-refractivity contribution is -0.138. The third kappa shape index (κ3) is 7.98. The fourth-order valence-corrected chi connectivity index (χ4v) is 0.907. The molecule has 6 heteroatoms. The standard InChI is InChI=1S/C6H7I3O3/c7-4(6(8)9)3-12-2-1-5(10)11/h1-3H2,(H,10,11). The first-order valence-electron chi connectivity index (χ1n) is 3.03. The van der Waals surface area contributed by atoms with Gasteiger partial charge in [0.05, 0.1) is 21.2 Å². The Morgan fingerprint density at radius 3 is 2.33 bits per heavy atom. The van der Waals surface area contributed by atoms with E-state index in [1.165, 1.54) is 0 Å². The summed E-state index contributed by atoms with van der Waals surface area (Å²) in [5.41, 5.74) is 0. The molecular formula is C6H7I3O3. The molecule has 0 aliphatic heterocycles. The van der Waals surface area contributed by atoms with E-state index in [-0.39, 0.29) is 13.0 Å². The van der Waals surface area contributed by atoms with Crippen molar-refractivity contribution in [3.63, 3.8) is 0 Å². The number of carbonyl (C=O) groups is 1. The van der Waals surface area contributed by atoms with Gasteiger partial charge in [0.1, 0.15) is 0 Å². The number of carboxylic acids is 1. The summed E-state index contributed by atoms with van der Waals surface area (Å²) >= 11 is 6.57. The summed E-state index contributed by atoms with van der Waals surface area (Å²) < 4.78 is 7.38. The lowest BCUT2D eigenvalue weighted by atomic mass is 10.5. The Hall–Kier alpha value is 1.36. The smallest absolute Gasteiger partial charge is 0.305 e. The number of ether oxygens (including phenoxy) is 1. The van der Waals surface area contributed by atoms with Gasteiger partial charge in [-0.05, 0) is 67.8 Å². The van der Waals surface area contributed by atoms with Gasteiger partial charge in [0, 0.05) is 3.58 Å². The van der Waals surface area contributed by atoms with E-state index in [4.69, 9.17) is 9.84 Å². The number of hydrogen-bond donors (Lipinski definition) is 1. The number of aliphatic carboxylic acids is 1. The summed E-state index contributed by atoms with van der Waals surface area (Å²) in [6.45, 7) is 0.789. The molecule has 0 rings (SSSR count). The molecule has 0 radical (unpaired) electrons. The highest BCUT2D eigenvalue weighted by atomic mass is 127. The summed E-state index contributed by atoms with van der Waals surface area (Å²) in [6, 6.07) is 0. The molecule has 0 amide bonds. The number of hydrogen-bond acceptors (Lipinski definition) is 2. The Kier molecular flexibility index (Phi) is 8.61. The highest BCUT2D eigenvalue weighted by molar-refractivity contribution is 14.2. The van der Waals surface area contributed by atoms with Gasteiger partial charge in [-0.1, -0.05) is 0 Å². The molecule has 0 aromatic heterocycles. The van der Waals surface area contributed by atoms with Crippen LogP contribution in [0.15, 0.2) is 5.17 Å². The van der Waals surface area contributed by atoms with Crippen LogP contribution in [0.25, 0.3) is 0 Å². The summed E-state index contributed by atoms with van der Waals surface area (Å²) in [5.74, 6) is -0.821. The molecule has 0 spiro atoms. The summed E-state index contributed by atoms with van der Waals surface area (Å²) in [6.07, 6.45) is 0.0712. The molecule has 12 heavy (non-hydrogen) atoms. The first-order chi connectivity index (χ1) is 5.54. The van der Waals surface area contributed by atoms with Crippen LogP contribution in [0, 0.1) is 0 Å². The van der Waals surface area contributed by atoms with Gasteiger partial charge in [-0.25, -0.2) is 0 Å². The monoisotopic (exact) mass is 508 g/mol. The predicted octanol–water partition coefficient (Wildman–Crippen LogP) is 2.95. The molecular weight excluding hydrogens is 501 g/mol. The van der Waals surface area contributed by atoms with Crippen molar-refractivity contribution in [2.24, 2.45) is 0 Å². The van der Waals surface area contributed by atoms with Crippen molar-refractivity contribution in [3.05, 3.63) is 5.17 Å². The lowest BCUT2D eigenvalue weighted by Crippen LogP contribution is -2.03. The molecule has 0 aromatic rings.